The number of hydrogen-bond donors (Lipinski definition) is 2. The number of rotatable bonds is 5. The summed E-state index contributed by atoms with van der Waals surface area (Å²) in [5, 5.41) is 5.77. The molecule has 0 saturated heterocycles. The van der Waals surface area contributed by atoms with Crippen LogP contribution in [0.25, 0.3) is 11.3 Å². The Kier molecular flexibility index (Phi) is 7.18. The Labute approximate surface area is 222 Å². The van der Waals surface area contributed by atoms with Crippen molar-refractivity contribution >= 4 is 58.0 Å². The number of carbonyl (C=O) groups excluding carboxylic acids is 1. The predicted octanol–water partition coefficient (Wildman–Crippen LogP) is 8.20. The molecule has 5 rings (SSSR count). The molecule has 2 N–H and O–H groups in total. The van der Waals surface area contributed by atoms with E-state index in [-0.39, 0.29) is 11.8 Å². The van der Waals surface area contributed by atoms with Crippen molar-refractivity contribution < 1.29 is 9.18 Å². The standard InChI is InChI=1S/C28H20Cl2FN3OS/c29-20-5-1-18(2-6-20)26-17-34(33-27(26)19-3-7-21(30)8-4-19)28(35)32-23-11-15-25(16-12-23)36-24-13-9-22(31)10-14-24/h1-16,33H,17H2,(H,32,35). The molecular formula is C28H20Cl2FN3OS. The van der Waals surface area contributed by atoms with Gasteiger partial charge in [-0.15, -0.1) is 0 Å². The molecule has 36 heavy (non-hydrogen) atoms. The Morgan fingerprint density at radius 2 is 1.31 bits per heavy atom. The molecule has 0 aliphatic carbocycles. The fourth-order valence-corrected chi connectivity index (χ4v) is 4.85. The number of urea groups is 1. The van der Waals surface area contributed by atoms with Crippen LogP contribution in [0, 0.1) is 5.82 Å². The molecule has 1 aliphatic heterocycles. The van der Waals surface area contributed by atoms with Crippen LogP contribution in [-0.2, 0) is 0 Å². The summed E-state index contributed by atoms with van der Waals surface area (Å²) >= 11 is 13.7. The Hall–Kier alpha value is -3.45. The van der Waals surface area contributed by atoms with Gasteiger partial charge < -0.3 is 5.32 Å². The van der Waals surface area contributed by atoms with E-state index in [1.165, 1.54) is 28.9 Å². The molecular weight excluding hydrogens is 516 g/mol. The SMILES string of the molecule is O=C(Nc1ccc(Sc2ccc(F)cc2)cc1)N1CC(c2ccc(Cl)cc2)=C(c2ccc(Cl)cc2)N1. The number of halogens is 3. The number of amides is 2. The van der Waals surface area contributed by atoms with Crippen LogP contribution in [0.15, 0.2) is 107 Å². The number of nitrogens with one attached hydrogen (secondary N) is 2. The van der Waals surface area contributed by atoms with Crippen molar-refractivity contribution in [2.75, 3.05) is 11.9 Å². The summed E-state index contributed by atoms with van der Waals surface area (Å²) < 4.78 is 13.1. The summed E-state index contributed by atoms with van der Waals surface area (Å²) in [6.07, 6.45) is 0. The van der Waals surface area contributed by atoms with Gasteiger partial charge in [0, 0.05) is 31.1 Å². The lowest BCUT2D eigenvalue weighted by Gasteiger charge is -2.19. The molecule has 0 spiro atoms. The van der Waals surface area contributed by atoms with Crippen LogP contribution in [0.2, 0.25) is 10.0 Å². The molecule has 0 bridgehead atoms. The maximum Gasteiger partial charge on any atom is 0.340 e. The Balaban J connectivity index is 1.30. The van der Waals surface area contributed by atoms with Crippen LogP contribution >= 0.6 is 35.0 Å². The zero-order chi connectivity index (χ0) is 25.1. The molecule has 4 aromatic carbocycles. The van der Waals surface area contributed by atoms with Crippen molar-refractivity contribution in [3.05, 3.63) is 124 Å². The highest BCUT2D eigenvalue weighted by Crippen LogP contribution is 2.32. The van der Waals surface area contributed by atoms with Gasteiger partial charge in [-0.25, -0.2) is 14.2 Å². The molecule has 0 radical (unpaired) electrons. The van der Waals surface area contributed by atoms with Crippen molar-refractivity contribution in [1.82, 2.24) is 10.4 Å². The van der Waals surface area contributed by atoms with Gasteiger partial charge >= 0.3 is 6.03 Å². The highest BCUT2D eigenvalue weighted by atomic mass is 35.5. The number of hydrazine groups is 1. The topological polar surface area (TPSA) is 44.4 Å². The van der Waals surface area contributed by atoms with Gasteiger partial charge in [-0.3, -0.25) is 5.43 Å². The molecule has 0 fully saturated rings. The number of hydrogen-bond acceptors (Lipinski definition) is 3. The van der Waals surface area contributed by atoms with Crippen molar-refractivity contribution in [1.29, 1.82) is 0 Å². The third-order valence-electron chi connectivity index (χ3n) is 5.59. The van der Waals surface area contributed by atoms with E-state index in [1.54, 1.807) is 12.1 Å². The number of benzene rings is 4. The van der Waals surface area contributed by atoms with Crippen LogP contribution in [0.1, 0.15) is 11.1 Å². The molecule has 8 heteroatoms. The first-order valence-corrected chi connectivity index (χ1v) is 12.7. The minimum atomic E-state index is -0.288. The monoisotopic (exact) mass is 535 g/mol. The minimum Gasteiger partial charge on any atom is -0.306 e. The summed E-state index contributed by atoms with van der Waals surface area (Å²) in [6.45, 7) is 0.365. The average Bonchev–Trinajstić information content (AvgIpc) is 3.33. The number of carbonyl (C=O) groups is 1. The molecule has 1 heterocycles. The van der Waals surface area contributed by atoms with Crippen molar-refractivity contribution in [2.45, 2.75) is 9.79 Å². The molecule has 4 nitrogen and oxygen atoms in total. The molecule has 0 unspecified atom stereocenters. The Morgan fingerprint density at radius 3 is 1.89 bits per heavy atom. The van der Waals surface area contributed by atoms with Gasteiger partial charge in [0.2, 0.25) is 0 Å². The second-order valence-corrected chi connectivity index (χ2v) is 10.1. The second-order valence-electron chi connectivity index (χ2n) is 8.08. The average molecular weight is 536 g/mol. The number of nitrogens with zero attached hydrogens (tertiary/aromatic N) is 1. The lowest BCUT2D eigenvalue weighted by molar-refractivity contribution is 0.210. The van der Waals surface area contributed by atoms with E-state index < -0.39 is 0 Å². The van der Waals surface area contributed by atoms with Crippen molar-refractivity contribution in [2.24, 2.45) is 0 Å². The van der Waals surface area contributed by atoms with Crippen LogP contribution in [-0.4, -0.2) is 17.6 Å². The fraction of sp³-hybridized carbons (Fsp3) is 0.0357. The zero-order valence-corrected chi connectivity index (χ0v) is 21.2. The van der Waals surface area contributed by atoms with E-state index in [0.717, 1.165) is 32.2 Å². The van der Waals surface area contributed by atoms with Crippen LogP contribution in [0.3, 0.4) is 0 Å². The third kappa shape index (κ3) is 5.68. The van der Waals surface area contributed by atoms with Gasteiger partial charge in [0.05, 0.1) is 12.2 Å². The van der Waals surface area contributed by atoms with Gasteiger partial charge in [0.25, 0.3) is 0 Å². The fourth-order valence-electron chi connectivity index (χ4n) is 3.78. The summed E-state index contributed by atoms with van der Waals surface area (Å²) in [5.74, 6) is -0.263. The van der Waals surface area contributed by atoms with Crippen LogP contribution in [0.5, 0.6) is 0 Å². The van der Waals surface area contributed by atoms with E-state index in [2.05, 4.69) is 10.7 Å². The van der Waals surface area contributed by atoms with Gasteiger partial charge in [-0.05, 0) is 83.9 Å². The summed E-state index contributed by atoms with van der Waals surface area (Å²) in [5.41, 5.74) is 7.60. The highest BCUT2D eigenvalue weighted by Gasteiger charge is 2.27. The predicted molar refractivity (Wildman–Crippen MR) is 146 cm³/mol. The Morgan fingerprint density at radius 1 is 0.778 bits per heavy atom. The first-order chi connectivity index (χ1) is 17.4. The largest absolute Gasteiger partial charge is 0.340 e. The molecule has 1 aliphatic rings. The van der Waals surface area contributed by atoms with Gasteiger partial charge in [-0.1, -0.05) is 59.2 Å². The molecule has 0 atom stereocenters. The molecule has 4 aromatic rings. The molecule has 2 amide bonds. The van der Waals surface area contributed by atoms with Crippen molar-refractivity contribution in [3.8, 4) is 0 Å². The van der Waals surface area contributed by atoms with Gasteiger partial charge in [0.1, 0.15) is 5.82 Å². The normalized spacial score (nSPS) is 13.0. The zero-order valence-electron chi connectivity index (χ0n) is 18.8. The second kappa shape index (κ2) is 10.7. The smallest absolute Gasteiger partial charge is 0.306 e. The first kappa shape index (κ1) is 24.3. The quantitative estimate of drug-likeness (QED) is 0.270. The van der Waals surface area contributed by atoms with Gasteiger partial charge in [0.15, 0.2) is 0 Å². The van der Waals surface area contributed by atoms with E-state index in [9.17, 15) is 9.18 Å². The first-order valence-electron chi connectivity index (χ1n) is 11.1. The van der Waals surface area contributed by atoms with E-state index in [1.807, 2.05) is 72.8 Å². The number of anilines is 1. The summed E-state index contributed by atoms with van der Waals surface area (Å²) in [7, 11) is 0. The van der Waals surface area contributed by atoms with Crippen LogP contribution in [0.4, 0.5) is 14.9 Å². The maximum atomic E-state index is 13.1. The molecule has 180 valence electrons. The van der Waals surface area contributed by atoms with E-state index in [4.69, 9.17) is 23.2 Å². The summed E-state index contributed by atoms with van der Waals surface area (Å²) in [6, 6.07) is 28.6. The highest BCUT2D eigenvalue weighted by molar-refractivity contribution is 7.99. The minimum absolute atomic E-state index is 0.263. The summed E-state index contributed by atoms with van der Waals surface area (Å²) in [4.78, 5) is 15.0. The maximum absolute atomic E-state index is 13.1. The Bertz CT molecular complexity index is 1350. The lowest BCUT2D eigenvalue weighted by atomic mass is 10.0. The van der Waals surface area contributed by atoms with E-state index in [0.29, 0.717) is 22.3 Å². The van der Waals surface area contributed by atoms with Gasteiger partial charge in [-0.2, -0.15) is 0 Å². The lowest BCUT2D eigenvalue weighted by Crippen LogP contribution is -2.40. The molecule has 0 saturated carbocycles. The van der Waals surface area contributed by atoms with Crippen LogP contribution < -0.4 is 10.7 Å². The molecule has 0 aromatic heterocycles. The van der Waals surface area contributed by atoms with Crippen molar-refractivity contribution in [3.63, 3.8) is 0 Å². The third-order valence-corrected chi connectivity index (χ3v) is 7.11. The van der Waals surface area contributed by atoms with E-state index >= 15 is 0 Å².